The molecule has 2 aliphatic carbocycles. The number of nitrogens with zero attached hydrogens (tertiary/aromatic N) is 2. The third-order valence-electron chi connectivity index (χ3n) is 7.04. The second-order valence-electron chi connectivity index (χ2n) is 8.97. The lowest BCUT2D eigenvalue weighted by molar-refractivity contribution is -0.140. The van der Waals surface area contributed by atoms with E-state index in [1.807, 2.05) is 30.3 Å². The number of fused-ring (bicyclic) bond motifs is 6. The van der Waals surface area contributed by atoms with Crippen molar-refractivity contribution in [2.45, 2.75) is 13.0 Å². The average molecular weight is 580 g/mol. The quantitative estimate of drug-likeness (QED) is 0.209. The summed E-state index contributed by atoms with van der Waals surface area (Å²) in [5.74, 6) is 0.162. The number of amides is 2. The average Bonchev–Trinajstić information content (AvgIpc) is 3.51. The highest BCUT2D eigenvalue weighted by Gasteiger charge is 2.59. The first-order valence-corrected chi connectivity index (χ1v) is 12.8. The largest absolute Gasteiger partial charge is 0.487 e. The van der Waals surface area contributed by atoms with Gasteiger partial charge in [-0.15, -0.1) is 0 Å². The number of carbonyl (C=O) groups is 2. The number of hydrogen-bond donors (Lipinski definition) is 0. The Hall–Kier alpha value is -2.77. The van der Waals surface area contributed by atoms with Gasteiger partial charge in [0, 0.05) is 0 Å². The Balaban J connectivity index is 1.19. The van der Waals surface area contributed by atoms with E-state index >= 15 is 0 Å². The smallest absolute Gasteiger partial charge is 0.254 e. The molecule has 3 aromatic carbocycles. The van der Waals surface area contributed by atoms with Crippen LogP contribution >= 0.6 is 31.9 Å². The van der Waals surface area contributed by atoms with Crippen LogP contribution in [0.2, 0.25) is 0 Å². The van der Waals surface area contributed by atoms with E-state index in [2.05, 4.69) is 73.4 Å². The molecule has 0 aromatic heterocycles. The third kappa shape index (κ3) is 3.53. The normalized spacial score (nSPS) is 25.2. The second-order valence-corrected chi connectivity index (χ2v) is 10.7. The predicted molar refractivity (Wildman–Crippen MR) is 137 cm³/mol. The Kier molecular flexibility index (Phi) is 5.41. The Morgan fingerprint density at radius 1 is 0.941 bits per heavy atom. The summed E-state index contributed by atoms with van der Waals surface area (Å²) in [6.07, 6.45) is 6.62. The Labute approximate surface area is 213 Å². The lowest BCUT2D eigenvalue weighted by Gasteiger charge is -2.13. The molecule has 5 nitrogen and oxygen atoms in total. The minimum atomic E-state index is -0.247. The molecular weight excluding hydrogens is 560 g/mol. The molecule has 0 spiro atoms. The molecule has 0 unspecified atom stereocenters. The minimum Gasteiger partial charge on any atom is -0.487 e. The Morgan fingerprint density at radius 3 is 2.29 bits per heavy atom. The van der Waals surface area contributed by atoms with Crippen LogP contribution in [0.4, 0.5) is 0 Å². The van der Waals surface area contributed by atoms with E-state index in [-0.39, 0.29) is 35.5 Å². The van der Waals surface area contributed by atoms with Gasteiger partial charge >= 0.3 is 0 Å². The molecule has 2 amide bonds. The highest BCUT2D eigenvalue weighted by atomic mass is 79.9. The number of hydrogen-bond acceptors (Lipinski definition) is 4. The molecular formula is C27H20Br2N2O3. The van der Waals surface area contributed by atoms with Crippen molar-refractivity contribution < 1.29 is 14.3 Å². The van der Waals surface area contributed by atoms with Gasteiger partial charge in [-0.05, 0) is 84.1 Å². The molecule has 1 saturated heterocycles. The maximum Gasteiger partial charge on any atom is 0.254 e. The van der Waals surface area contributed by atoms with Gasteiger partial charge in [-0.2, -0.15) is 10.1 Å². The molecule has 1 saturated carbocycles. The summed E-state index contributed by atoms with van der Waals surface area (Å²) in [5.41, 5.74) is 1.85. The van der Waals surface area contributed by atoms with Crippen LogP contribution in [0.15, 0.2) is 80.8 Å². The molecule has 2 fully saturated rings. The highest BCUT2D eigenvalue weighted by molar-refractivity contribution is 9.11. The molecule has 1 aliphatic heterocycles. The van der Waals surface area contributed by atoms with E-state index in [4.69, 9.17) is 4.74 Å². The number of benzene rings is 3. The van der Waals surface area contributed by atoms with Crippen molar-refractivity contribution in [2.24, 2.45) is 28.8 Å². The van der Waals surface area contributed by atoms with Gasteiger partial charge in [0.25, 0.3) is 11.8 Å². The van der Waals surface area contributed by atoms with Crippen LogP contribution in [-0.4, -0.2) is 23.0 Å². The molecule has 6 rings (SSSR count). The molecule has 3 aromatic rings. The third-order valence-corrected chi connectivity index (χ3v) is 8.22. The zero-order valence-electron chi connectivity index (χ0n) is 18.0. The fourth-order valence-electron chi connectivity index (χ4n) is 5.48. The number of imide groups is 1. The van der Waals surface area contributed by atoms with Gasteiger partial charge in [-0.3, -0.25) is 9.59 Å². The van der Waals surface area contributed by atoms with Gasteiger partial charge in [0.2, 0.25) is 0 Å². The number of allylic oxidation sites excluding steroid dienone is 2. The van der Waals surface area contributed by atoms with E-state index in [0.717, 1.165) is 36.9 Å². The fourth-order valence-corrected chi connectivity index (χ4v) is 6.94. The maximum atomic E-state index is 12.8. The molecule has 0 radical (unpaired) electrons. The molecule has 1 heterocycles. The van der Waals surface area contributed by atoms with Crippen molar-refractivity contribution in [1.82, 2.24) is 5.01 Å². The van der Waals surface area contributed by atoms with Crippen molar-refractivity contribution in [3.8, 4) is 5.75 Å². The Morgan fingerprint density at radius 2 is 1.59 bits per heavy atom. The minimum absolute atomic E-state index is 0.174. The first-order chi connectivity index (χ1) is 16.5. The van der Waals surface area contributed by atoms with Crippen LogP contribution in [0, 0.1) is 23.7 Å². The molecule has 2 bridgehead atoms. The summed E-state index contributed by atoms with van der Waals surface area (Å²) in [6.45, 7) is 0.419. The van der Waals surface area contributed by atoms with Crippen molar-refractivity contribution >= 4 is 60.7 Å². The van der Waals surface area contributed by atoms with Crippen LogP contribution < -0.4 is 4.74 Å². The topological polar surface area (TPSA) is 59.0 Å². The van der Waals surface area contributed by atoms with Gasteiger partial charge < -0.3 is 4.74 Å². The fraction of sp³-hybridized carbons (Fsp3) is 0.222. The van der Waals surface area contributed by atoms with Crippen molar-refractivity contribution in [3.63, 3.8) is 0 Å². The molecule has 7 heteroatoms. The van der Waals surface area contributed by atoms with Gasteiger partial charge in [-0.25, -0.2) is 0 Å². The predicted octanol–water partition coefficient (Wildman–Crippen LogP) is 6.08. The summed E-state index contributed by atoms with van der Waals surface area (Å²) < 4.78 is 7.65. The number of rotatable bonds is 5. The van der Waals surface area contributed by atoms with Gasteiger partial charge in [-0.1, -0.05) is 54.6 Å². The van der Waals surface area contributed by atoms with Crippen molar-refractivity contribution in [3.05, 3.63) is 86.8 Å². The summed E-state index contributed by atoms with van der Waals surface area (Å²) in [4.78, 5) is 25.7. The van der Waals surface area contributed by atoms with Crippen LogP contribution in [0.3, 0.4) is 0 Å². The van der Waals surface area contributed by atoms with E-state index in [1.165, 1.54) is 5.39 Å². The van der Waals surface area contributed by atoms with Crippen LogP contribution in [0.5, 0.6) is 5.75 Å². The lowest BCUT2D eigenvalue weighted by Crippen LogP contribution is -2.28. The second kappa shape index (κ2) is 8.47. The van der Waals surface area contributed by atoms with Crippen LogP contribution in [0.25, 0.3) is 10.8 Å². The maximum absolute atomic E-state index is 12.8. The number of ether oxygens (including phenoxy) is 1. The first kappa shape index (κ1) is 21.7. The molecule has 4 atom stereocenters. The molecule has 0 N–H and O–H groups in total. The van der Waals surface area contributed by atoms with Gasteiger partial charge in [0.15, 0.2) is 0 Å². The summed E-state index contributed by atoms with van der Waals surface area (Å²) in [7, 11) is 0. The monoisotopic (exact) mass is 578 g/mol. The van der Waals surface area contributed by atoms with Crippen molar-refractivity contribution in [1.29, 1.82) is 0 Å². The van der Waals surface area contributed by atoms with E-state index in [1.54, 1.807) is 6.21 Å². The highest BCUT2D eigenvalue weighted by Crippen LogP contribution is 2.52. The zero-order valence-corrected chi connectivity index (χ0v) is 21.2. The number of hydrazone groups is 1. The van der Waals surface area contributed by atoms with E-state index in [0.29, 0.717) is 12.4 Å². The van der Waals surface area contributed by atoms with Gasteiger partial charge in [0.05, 0.1) is 27.0 Å². The standard InChI is InChI=1S/C27H20Br2N2O3/c28-21-10-15(13-30-31-26(32)23-17-8-9-18(12-17)24(23)27(31)33)11-22(29)25(21)34-14-19-6-3-5-16-4-1-2-7-20(16)19/h1-11,13,17-18,23-24H,12,14H2/b30-13-/t17-,18-,23+,24+/m0/s1. The zero-order chi connectivity index (χ0) is 23.4. The lowest BCUT2D eigenvalue weighted by atomic mass is 9.85. The van der Waals surface area contributed by atoms with Gasteiger partial charge in [0.1, 0.15) is 12.4 Å². The summed E-state index contributed by atoms with van der Waals surface area (Å²) >= 11 is 7.18. The molecule has 3 aliphatic rings. The Bertz CT molecular complexity index is 1340. The van der Waals surface area contributed by atoms with E-state index in [9.17, 15) is 9.59 Å². The first-order valence-electron chi connectivity index (χ1n) is 11.2. The van der Waals surface area contributed by atoms with E-state index < -0.39 is 0 Å². The number of halogens is 2. The summed E-state index contributed by atoms with van der Waals surface area (Å²) in [5, 5.41) is 7.67. The van der Waals surface area contributed by atoms with Crippen LogP contribution in [-0.2, 0) is 16.2 Å². The summed E-state index contributed by atoms with van der Waals surface area (Å²) in [6, 6.07) is 18.1. The number of carbonyl (C=O) groups excluding carboxylic acids is 2. The molecule has 34 heavy (non-hydrogen) atoms. The van der Waals surface area contributed by atoms with Crippen molar-refractivity contribution in [2.75, 3.05) is 0 Å². The molecule has 170 valence electrons. The van der Waals surface area contributed by atoms with Crippen LogP contribution in [0.1, 0.15) is 17.5 Å². The SMILES string of the molecule is O=C1[C@H]2[C@H](C(=O)N1/N=C\c1cc(Br)c(OCc3cccc4ccccc34)c(Br)c1)[C@H]1C=C[C@H]2C1.